The summed E-state index contributed by atoms with van der Waals surface area (Å²) < 4.78 is 9.88. The number of anilines is 1. The van der Waals surface area contributed by atoms with Gasteiger partial charge in [-0.3, -0.25) is 0 Å². The highest BCUT2D eigenvalue weighted by Crippen LogP contribution is 2.25. The lowest BCUT2D eigenvalue weighted by Crippen LogP contribution is -2.50. The summed E-state index contributed by atoms with van der Waals surface area (Å²) in [6, 6.07) is 6.20. The highest BCUT2D eigenvalue weighted by atomic mass is 16.5. The van der Waals surface area contributed by atoms with E-state index >= 15 is 0 Å². The Labute approximate surface area is 140 Å². The molecule has 1 aromatic rings. The van der Waals surface area contributed by atoms with Crippen molar-refractivity contribution in [3.05, 3.63) is 23.8 Å². The van der Waals surface area contributed by atoms with Gasteiger partial charge in [0.25, 0.3) is 0 Å². The number of rotatable bonds is 3. The number of nitrogens with one attached hydrogen (secondary N) is 2. The molecule has 0 aromatic heterocycles. The second-order valence-corrected chi connectivity index (χ2v) is 5.38. The fourth-order valence-corrected chi connectivity index (χ4v) is 2.61. The first-order valence-corrected chi connectivity index (χ1v) is 7.56. The summed E-state index contributed by atoms with van der Waals surface area (Å²) in [5, 5.41) is 14.5. The highest BCUT2D eigenvalue weighted by Gasteiger charge is 2.25. The molecule has 0 aliphatic carbocycles. The largest absolute Gasteiger partial charge is 0.495 e. The molecule has 8 nitrogen and oxygen atoms in total. The number of benzene rings is 1. The molecule has 1 atom stereocenters. The fourth-order valence-electron chi connectivity index (χ4n) is 2.61. The van der Waals surface area contributed by atoms with E-state index in [1.165, 1.54) is 14.2 Å². The summed E-state index contributed by atoms with van der Waals surface area (Å²) in [4.78, 5) is 25.3. The van der Waals surface area contributed by atoms with E-state index in [0.29, 0.717) is 30.1 Å². The molecular weight excluding hydrogens is 312 g/mol. The number of piperidine rings is 1. The molecular formula is C16H20N4O4. The molecule has 2 rings (SSSR count). The number of nitriles is 1. The van der Waals surface area contributed by atoms with Crippen LogP contribution in [-0.2, 0) is 4.74 Å². The Bertz CT molecular complexity index is 656. The second-order valence-electron chi connectivity index (χ2n) is 5.38. The van der Waals surface area contributed by atoms with Gasteiger partial charge in [0.15, 0.2) is 0 Å². The van der Waals surface area contributed by atoms with Crippen LogP contribution >= 0.6 is 0 Å². The van der Waals surface area contributed by atoms with Crippen molar-refractivity contribution in [2.75, 3.05) is 32.6 Å². The Morgan fingerprint density at radius 3 is 2.83 bits per heavy atom. The van der Waals surface area contributed by atoms with Crippen LogP contribution in [0.25, 0.3) is 0 Å². The lowest BCUT2D eigenvalue weighted by atomic mass is 10.1. The van der Waals surface area contributed by atoms with Crippen LogP contribution in [0.5, 0.6) is 5.75 Å². The van der Waals surface area contributed by atoms with Crippen LogP contribution < -0.4 is 15.4 Å². The van der Waals surface area contributed by atoms with Crippen molar-refractivity contribution in [1.29, 1.82) is 5.26 Å². The minimum atomic E-state index is -0.417. The molecule has 1 aliphatic heterocycles. The Hall–Kier alpha value is -2.95. The predicted octanol–water partition coefficient (Wildman–Crippen LogP) is 1.92. The smallest absolute Gasteiger partial charge is 0.409 e. The van der Waals surface area contributed by atoms with Crippen molar-refractivity contribution in [3.8, 4) is 11.8 Å². The van der Waals surface area contributed by atoms with Crippen molar-refractivity contribution >= 4 is 17.8 Å². The average molecular weight is 332 g/mol. The molecule has 1 saturated heterocycles. The Morgan fingerprint density at radius 2 is 2.17 bits per heavy atom. The number of hydrogen-bond donors (Lipinski definition) is 2. The topological polar surface area (TPSA) is 104 Å². The average Bonchev–Trinajstić information content (AvgIpc) is 2.61. The van der Waals surface area contributed by atoms with E-state index in [9.17, 15) is 9.59 Å². The summed E-state index contributed by atoms with van der Waals surface area (Å²) in [5.41, 5.74) is 0.829. The zero-order valence-corrected chi connectivity index (χ0v) is 13.7. The number of likely N-dealkylation sites (tertiary alicyclic amines) is 1. The number of methoxy groups -OCH3 is 2. The number of amides is 3. The van der Waals surface area contributed by atoms with Crippen LogP contribution in [0, 0.1) is 11.3 Å². The highest BCUT2D eigenvalue weighted by molar-refractivity contribution is 5.91. The van der Waals surface area contributed by atoms with Crippen molar-refractivity contribution in [2.45, 2.75) is 18.9 Å². The summed E-state index contributed by atoms with van der Waals surface area (Å²) in [7, 11) is 2.82. The number of nitrogens with zero attached hydrogens (tertiary/aromatic N) is 2. The first-order chi connectivity index (χ1) is 11.6. The standard InChI is InChI=1S/C16H20N4O4/c1-23-14-6-5-11(9-17)8-13(14)19-15(21)18-12-4-3-7-20(10-12)16(22)24-2/h5-6,8,12H,3-4,7,10H2,1-2H3,(H2,18,19,21). The molecule has 2 N–H and O–H groups in total. The molecule has 0 spiro atoms. The minimum Gasteiger partial charge on any atom is -0.495 e. The number of carbonyl (C=O) groups is 2. The van der Waals surface area contributed by atoms with Gasteiger partial charge in [-0.2, -0.15) is 5.26 Å². The summed E-state index contributed by atoms with van der Waals surface area (Å²) >= 11 is 0. The maximum absolute atomic E-state index is 12.2. The molecule has 1 aliphatic rings. The van der Waals surface area contributed by atoms with Crippen LogP contribution in [0.15, 0.2) is 18.2 Å². The van der Waals surface area contributed by atoms with Gasteiger partial charge in [0, 0.05) is 19.1 Å². The molecule has 3 amide bonds. The van der Waals surface area contributed by atoms with E-state index in [0.717, 1.165) is 12.8 Å². The molecule has 128 valence electrons. The van der Waals surface area contributed by atoms with E-state index in [1.807, 2.05) is 6.07 Å². The molecule has 0 bridgehead atoms. The van der Waals surface area contributed by atoms with E-state index in [-0.39, 0.29) is 6.04 Å². The van der Waals surface area contributed by atoms with Crippen LogP contribution in [0.4, 0.5) is 15.3 Å². The normalized spacial score (nSPS) is 16.7. The molecule has 1 heterocycles. The maximum atomic E-state index is 12.2. The van der Waals surface area contributed by atoms with E-state index < -0.39 is 12.1 Å². The van der Waals surface area contributed by atoms with Gasteiger partial charge in [-0.1, -0.05) is 0 Å². The van der Waals surface area contributed by atoms with Crippen LogP contribution in [0.2, 0.25) is 0 Å². The molecule has 1 fully saturated rings. The van der Waals surface area contributed by atoms with Gasteiger partial charge < -0.3 is 25.0 Å². The molecule has 24 heavy (non-hydrogen) atoms. The Morgan fingerprint density at radius 1 is 1.38 bits per heavy atom. The van der Waals surface area contributed by atoms with Gasteiger partial charge >= 0.3 is 12.1 Å². The monoisotopic (exact) mass is 332 g/mol. The Balaban J connectivity index is 1.98. The Kier molecular flexibility index (Phi) is 5.84. The third-order valence-electron chi connectivity index (χ3n) is 3.77. The summed E-state index contributed by atoms with van der Waals surface area (Å²) in [6.45, 7) is 1.01. The van der Waals surface area contributed by atoms with Gasteiger partial charge in [0.05, 0.1) is 31.5 Å². The van der Waals surface area contributed by atoms with E-state index in [1.54, 1.807) is 23.1 Å². The van der Waals surface area contributed by atoms with Crippen molar-refractivity contribution < 1.29 is 19.1 Å². The molecule has 8 heteroatoms. The van der Waals surface area contributed by atoms with Crippen LogP contribution in [0.1, 0.15) is 18.4 Å². The number of carbonyl (C=O) groups excluding carboxylic acids is 2. The fraction of sp³-hybridized carbons (Fsp3) is 0.438. The summed E-state index contributed by atoms with van der Waals surface area (Å²) in [6.07, 6.45) is 1.16. The number of urea groups is 1. The predicted molar refractivity (Wildman–Crippen MR) is 86.9 cm³/mol. The van der Waals surface area contributed by atoms with Gasteiger partial charge in [-0.05, 0) is 31.0 Å². The molecule has 1 aromatic carbocycles. The molecule has 0 radical (unpaired) electrons. The zero-order valence-electron chi connectivity index (χ0n) is 13.7. The zero-order chi connectivity index (χ0) is 17.5. The molecule has 0 saturated carbocycles. The first kappa shape index (κ1) is 17.4. The van der Waals surface area contributed by atoms with Gasteiger partial charge in [-0.25, -0.2) is 9.59 Å². The lowest BCUT2D eigenvalue weighted by molar-refractivity contribution is 0.108. The minimum absolute atomic E-state index is 0.164. The first-order valence-electron chi connectivity index (χ1n) is 7.56. The third-order valence-corrected chi connectivity index (χ3v) is 3.77. The van der Waals surface area contributed by atoms with E-state index in [2.05, 4.69) is 10.6 Å². The lowest BCUT2D eigenvalue weighted by Gasteiger charge is -2.32. The summed E-state index contributed by atoms with van der Waals surface area (Å²) in [5.74, 6) is 0.462. The van der Waals surface area contributed by atoms with Gasteiger partial charge in [-0.15, -0.1) is 0 Å². The molecule has 1 unspecified atom stereocenters. The number of hydrogen-bond acceptors (Lipinski definition) is 5. The van der Waals surface area contributed by atoms with E-state index in [4.69, 9.17) is 14.7 Å². The quantitative estimate of drug-likeness (QED) is 0.880. The van der Waals surface area contributed by atoms with Gasteiger partial charge in [0.1, 0.15) is 5.75 Å². The van der Waals surface area contributed by atoms with Crippen molar-refractivity contribution in [3.63, 3.8) is 0 Å². The van der Waals surface area contributed by atoms with Crippen molar-refractivity contribution in [2.24, 2.45) is 0 Å². The maximum Gasteiger partial charge on any atom is 0.409 e. The van der Waals surface area contributed by atoms with Crippen molar-refractivity contribution in [1.82, 2.24) is 10.2 Å². The third kappa shape index (κ3) is 4.29. The SMILES string of the molecule is COC(=O)N1CCCC(NC(=O)Nc2cc(C#N)ccc2OC)C1. The van der Waals surface area contributed by atoms with Gasteiger partial charge in [0.2, 0.25) is 0 Å². The van der Waals surface area contributed by atoms with Crippen LogP contribution in [0.3, 0.4) is 0 Å². The second kappa shape index (κ2) is 8.06. The number of ether oxygens (including phenoxy) is 2. The van der Waals surface area contributed by atoms with Crippen LogP contribution in [-0.4, -0.2) is 50.4 Å².